The van der Waals surface area contributed by atoms with Crippen LogP contribution in [-0.4, -0.2) is 36.5 Å². The smallest absolute Gasteiger partial charge is 0.261 e. The number of benzene rings is 2. The van der Waals surface area contributed by atoms with Gasteiger partial charge in [-0.15, -0.1) is 0 Å². The van der Waals surface area contributed by atoms with E-state index in [2.05, 4.69) is 10.4 Å². The second-order valence-electron chi connectivity index (χ2n) is 7.20. The van der Waals surface area contributed by atoms with Crippen LogP contribution in [0.1, 0.15) is 22.5 Å². The molecule has 0 aliphatic rings. The second-order valence-corrected chi connectivity index (χ2v) is 7.20. The van der Waals surface area contributed by atoms with Crippen LogP contribution in [0.4, 0.5) is 0 Å². The van der Waals surface area contributed by atoms with Crippen LogP contribution in [0, 0.1) is 25.2 Å². The summed E-state index contributed by atoms with van der Waals surface area (Å²) in [5.74, 6) is 0.867. The highest BCUT2D eigenvalue weighted by Crippen LogP contribution is 2.27. The molecule has 0 spiro atoms. The summed E-state index contributed by atoms with van der Waals surface area (Å²) in [6.07, 6.45) is 2.19. The Morgan fingerprint density at radius 3 is 2.50 bits per heavy atom. The summed E-state index contributed by atoms with van der Waals surface area (Å²) in [5.41, 5.74) is 4.32. The second kappa shape index (κ2) is 10.3. The number of hydrogen-bond donors (Lipinski definition) is 1. The minimum atomic E-state index is -0.417. The SMILES string of the molecule is COc1ccc(CCNC(=O)C(C#N)=Cc2c(C)nn(-c3ccccc3)c2C)cc1OC. The van der Waals surface area contributed by atoms with E-state index in [1.807, 2.05) is 73.1 Å². The summed E-state index contributed by atoms with van der Waals surface area (Å²) in [7, 11) is 3.16. The maximum atomic E-state index is 12.6. The van der Waals surface area contributed by atoms with E-state index < -0.39 is 5.91 Å². The Balaban J connectivity index is 1.72. The largest absolute Gasteiger partial charge is 0.493 e. The lowest BCUT2D eigenvalue weighted by Gasteiger charge is -2.10. The first kappa shape index (κ1) is 22.6. The molecule has 0 saturated heterocycles. The molecule has 0 aliphatic carbocycles. The van der Waals surface area contributed by atoms with Gasteiger partial charge in [0.2, 0.25) is 0 Å². The molecule has 32 heavy (non-hydrogen) atoms. The van der Waals surface area contributed by atoms with Crippen molar-refractivity contribution in [2.24, 2.45) is 0 Å². The zero-order valence-corrected chi connectivity index (χ0v) is 18.7. The van der Waals surface area contributed by atoms with E-state index >= 15 is 0 Å². The monoisotopic (exact) mass is 430 g/mol. The number of para-hydroxylation sites is 1. The summed E-state index contributed by atoms with van der Waals surface area (Å²) < 4.78 is 12.4. The van der Waals surface area contributed by atoms with Crippen LogP contribution >= 0.6 is 0 Å². The lowest BCUT2D eigenvalue weighted by Crippen LogP contribution is -2.26. The maximum absolute atomic E-state index is 12.6. The van der Waals surface area contributed by atoms with E-state index in [0.717, 1.165) is 28.2 Å². The van der Waals surface area contributed by atoms with Gasteiger partial charge in [-0.3, -0.25) is 4.79 Å². The van der Waals surface area contributed by atoms with Crippen molar-refractivity contribution < 1.29 is 14.3 Å². The molecule has 0 saturated carbocycles. The van der Waals surface area contributed by atoms with E-state index in [4.69, 9.17) is 9.47 Å². The molecule has 0 unspecified atom stereocenters. The molecule has 0 aliphatic heterocycles. The van der Waals surface area contributed by atoms with E-state index in [-0.39, 0.29) is 5.57 Å². The van der Waals surface area contributed by atoms with Gasteiger partial charge in [0.05, 0.1) is 25.6 Å². The van der Waals surface area contributed by atoms with Gasteiger partial charge in [0.25, 0.3) is 5.91 Å². The molecule has 1 amide bonds. The van der Waals surface area contributed by atoms with Gasteiger partial charge in [0, 0.05) is 17.8 Å². The van der Waals surface area contributed by atoms with Crippen molar-refractivity contribution in [3.8, 4) is 23.3 Å². The molecule has 1 aromatic heterocycles. The molecule has 3 aromatic rings. The first-order valence-electron chi connectivity index (χ1n) is 10.2. The number of nitrogens with one attached hydrogen (secondary N) is 1. The van der Waals surface area contributed by atoms with Crippen LogP contribution in [0.2, 0.25) is 0 Å². The number of aryl methyl sites for hydroxylation is 1. The lowest BCUT2D eigenvalue weighted by atomic mass is 10.1. The van der Waals surface area contributed by atoms with Gasteiger partial charge in [-0.25, -0.2) is 4.68 Å². The number of carbonyl (C=O) groups is 1. The van der Waals surface area contributed by atoms with Crippen molar-refractivity contribution in [3.63, 3.8) is 0 Å². The number of ether oxygens (including phenoxy) is 2. The third kappa shape index (κ3) is 4.98. The van der Waals surface area contributed by atoms with Crippen LogP contribution in [0.15, 0.2) is 54.1 Å². The molecule has 164 valence electrons. The van der Waals surface area contributed by atoms with Gasteiger partial charge >= 0.3 is 0 Å². The first-order chi connectivity index (χ1) is 15.5. The van der Waals surface area contributed by atoms with E-state index in [9.17, 15) is 10.1 Å². The number of nitriles is 1. The molecule has 1 N–H and O–H groups in total. The average molecular weight is 431 g/mol. The van der Waals surface area contributed by atoms with Gasteiger partial charge in [0.1, 0.15) is 11.6 Å². The van der Waals surface area contributed by atoms with Crippen LogP contribution in [-0.2, 0) is 11.2 Å². The molecule has 7 nitrogen and oxygen atoms in total. The first-order valence-corrected chi connectivity index (χ1v) is 10.2. The maximum Gasteiger partial charge on any atom is 0.261 e. The lowest BCUT2D eigenvalue weighted by molar-refractivity contribution is -0.117. The zero-order valence-electron chi connectivity index (χ0n) is 18.7. The zero-order chi connectivity index (χ0) is 23.1. The quantitative estimate of drug-likeness (QED) is 0.434. The van der Waals surface area contributed by atoms with Crippen LogP contribution in [0.5, 0.6) is 11.5 Å². The predicted octanol–water partition coefficient (Wildman–Crippen LogP) is 3.77. The van der Waals surface area contributed by atoms with Crippen molar-refractivity contribution in [3.05, 3.63) is 76.6 Å². The van der Waals surface area contributed by atoms with Crippen molar-refractivity contribution in [2.45, 2.75) is 20.3 Å². The van der Waals surface area contributed by atoms with E-state index in [1.165, 1.54) is 0 Å². The highest BCUT2D eigenvalue weighted by atomic mass is 16.5. The van der Waals surface area contributed by atoms with Crippen LogP contribution in [0.25, 0.3) is 11.8 Å². The van der Waals surface area contributed by atoms with Crippen molar-refractivity contribution in [1.29, 1.82) is 5.26 Å². The minimum absolute atomic E-state index is 0.0381. The fourth-order valence-corrected chi connectivity index (χ4v) is 3.43. The standard InChI is InChI=1S/C25H26N4O3/c1-17-22(18(2)29(28-17)21-8-6-5-7-9-21)15-20(16-26)25(30)27-13-12-19-10-11-23(31-3)24(14-19)32-4/h5-11,14-15H,12-13H2,1-4H3,(H,27,30). The predicted molar refractivity (Wildman–Crippen MR) is 123 cm³/mol. The molecule has 0 fully saturated rings. The molecule has 0 bridgehead atoms. The Kier molecular flexibility index (Phi) is 7.29. The van der Waals surface area contributed by atoms with Crippen LogP contribution in [0.3, 0.4) is 0 Å². The molecule has 1 heterocycles. The van der Waals surface area contributed by atoms with E-state index in [0.29, 0.717) is 24.5 Å². The summed E-state index contributed by atoms with van der Waals surface area (Å²) in [5, 5.41) is 17.0. The number of aromatic nitrogens is 2. The number of nitrogens with zero attached hydrogens (tertiary/aromatic N) is 3. The molecular formula is C25H26N4O3. The van der Waals surface area contributed by atoms with Crippen molar-refractivity contribution in [2.75, 3.05) is 20.8 Å². The molecule has 2 aromatic carbocycles. The molecule has 0 atom stereocenters. The Morgan fingerprint density at radius 1 is 1.12 bits per heavy atom. The average Bonchev–Trinajstić information content (AvgIpc) is 3.10. The van der Waals surface area contributed by atoms with Crippen molar-refractivity contribution in [1.82, 2.24) is 15.1 Å². The summed E-state index contributed by atoms with van der Waals surface area (Å²) >= 11 is 0. The Morgan fingerprint density at radius 2 is 1.84 bits per heavy atom. The normalized spacial score (nSPS) is 11.0. The van der Waals surface area contributed by atoms with E-state index in [1.54, 1.807) is 20.3 Å². The topological polar surface area (TPSA) is 89.2 Å². The van der Waals surface area contributed by atoms with Gasteiger partial charge in [-0.2, -0.15) is 10.4 Å². The third-order valence-corrected chi connectivity index (χ3v) is 5.15. The summed E-state index contributed by atoms with van der Waals surface area (Å²) in [6, 6.07) is 17.4. The Hall–Kier alpha value is -4.05. The minimum Gasteiger partial charge on any atom is -0.493 e. The third-order valence-electron chi connectivity index (χ3n) is 5.15. The van der Waals surface area contributed by atoms with Gasteiger partial charge in [-0.05, 0) is 56.2 Å². The number of hydrogen-bond acceptors (Lipinski definition) is 5. The van der Waals surface area contributed by atoms with Gasteiger partial charge < -0.3 is 14.8 Å². The fourth-order valence-electron chi connectivity index (χ4n) is 3.43. The van der Waals surface area contributed by atoms with Gasteiger partial charge in [-0.1, -0.05) is 24.3 Å². The number of carbonyl (C=O) groups excluding carboxylic acids is 1. The fraction of sp³-hybridized carbons (Fsp3) is 0.240. The Bertz CT molecular complexity index is 1170. The number of methoxy groups -OCH3 is 2. The number of rotatable bonds is 8. The molecule has 0 radical (unpaired) electrons. The number of amides is 1. The molecule has 7 heteroatoms. The molecular weight excluding hydrogens is 404 g/mol. The Labute approximate surface area is 187 Å². The highest BCUT2D eigenvalue weighted by molar-refractivity contribution is 6.01. The van der Waals surface area contributed by atoms with Crippen molar-refractivity contribution >= 4 is 12.0 Å². The van der Waals surface area contributed by atoms with Gasteiger partial charge in [0.15, 0.2) is 11.5 Å². The summed E-state index contributed by atoms with van der Waals surface area (Å²) in [6.45, 7) is 4.17. The molecule has 3 rings (SSSR count). The summed E-state index contributed by atoms with van der Waals surface area (Å²) in [4.78, 5) is 12.6. The highest BCUT2D eigenvalue weighted by Gasteiger charge is 2.15. The van der Waals surface area contributed by atoms with Crippen LogP contribution < -0.4 is 14.8 Å².